The van der Waals surface area contributed by atoms with Gasteiger partial charge in [0.05, 0.1) is 19.2 Å². The summed E-state index contributed by atoms with van der Waals surface area (Å²) in [6.45, 7) is 0.167. The molecule has 0 saturated heterocycles. The molecular formula is C7H9F3N2O. The average molecular weight is 194 g/mol. The summed E-state index contributed by atoms with van der Waals surface area (Å²) in [4.78, 5) is 0. The van der Waals surface area contributed by atoms with Crippen LogP contribution >= 0.6 is 0 Å². The van der Waals surface area contributed by atoms with Crippen molar-refractivity contribution in [3.8, 4) is 0 Å². The summed E-state index contributed by atoms with van der Waals surface area (Å²) in [7, 11) is 0. The number of nitrogens with zero attached hydrogens (tertiary/aromatic N) is 1. The molecule has 13 heavy (non-hydrogen) atoms. The van der Waals surface area contributed by atoms with E-state index in [0.717, 1.165) is 0 Å². The van der Waals surface area contributed by atoms with E-state index in [4.69, 9.17) is 0 Å². The zero-order valence-corrected chi connectivity index (χ0v) is 6.77. The van der Waals surface area contributed by atoms with Crippen molar-refractivity contribution < 1.29 is 17.7 Å². The Morgan fingerprint density at radius 3 is 2.77 bits per heavy atom. The maximum atomic E-state index is 11.6. The first-order valence-electron chi connectivity index (χ1n) is 3.75. The molecule has 0 unspecified atom stereocenters. The van der Waals surface area contributed by atoms with Crippen LogP contribution in [-0.2, 0) is 6.54 Å². The Labute approximate surface area is 72.9 Å². The molecule has 0 aromatic carbocycles. The minimum Gasteiger partial charge on any atom is -0.360 e. The van der Waals surface area contributed by atoms with Gasteiger partial charge in [0, 0.05) is 12.6 Å². The Morgan fingerprint density at radius 2 is 2.23 bits per heavy atom. The third-order valence-corrected chi connectivity index (χ3v) is 1.38. The molecule has 1 heterocycles. The van der Waals surface area contributed by atoms with E-state index < -0.39 is 12.6 Å². The molecule has 1 aromatic rings. The Hall–Kier alpha value is -1.04. The third kappa shape index (κ3) is 4.51. The number of aromatic nitrogens is 1. The van der Waals surface area contributed by atoms with E-state index in [2.05, 4.69) is 15.0 Å². The summed E-state index contributed by atoms with van der Waals surface area (Å²) in [6.07, 6.45) is -3.49. The summed E-state index contributed by atoms with van der Waals surface area (Å²) < 4.78 is 39.6. The number of alkyl halides is 3. The van der Waals surface area contributed by atoms with Crippen LogP contribution in [0.2, 0.25) is 0 Å². The number of hydrogen-bond acceptors (Lipinski definition) is 3. The fourth-order valence-corrected chi connectivity index (χ4v) is 0.775. The highest BCUT2D eigenvalue weighted by Gasteiger charge is 2.25. The van der Waals surface area contributed by atoms with Crippen molar-refractivity contribution in [2.75, 3.05) is 6.54 Å². The molecule has 0 atom stereocenters. The van der Waals surface area contributed by atoms with Gasteiger partial charge in [-0.15, -0.1) is 0 Å². The monoisotopic (exact) mass is 194 g/mol. The van der Waals surface area contributed by atoms with Gasteiger partial charge in [0.15, 0.2) is 0 Å². The van der Waals surface area contributed by atoms with Crippen molar-refractivity contribution in [2.24, 2.45) is 0 Å². The molecule has 0 aliphatic heterocycles. The minimum atomic E-state index is -4.10. The third-order valence-electron chi connectivity index (χ3n) is 1.38. The highest BCUT2D eigenvalue weighted by molar-refractivity contribution is 4.91. The Bertz CT molecular complexity index is 232. The second-order valence-corrected chi connectivity index (χ2v) is 2.52. The molecule has 1 N–H and O–H groups in total. The first-order chi connectivity index (χ1) is 6.08. The van der Waals surface area contributed by atoms with E-state index in [1.165, 1.54) is 6.20 Å². The molecule has 3 nitrogen and oxygen atoms in total. The van der Waals surface area contributed by atoms with Gasteiger partial charge in [-0.3, -0.25) is 0 Å². The molecule has 0 bridgehead atoms. The Kier molecular flexibility index (Phi) is 3.30. The van der Waals surface area contributed by atoms with Crippen LogP contribution in [0.15, 0.2) is 16.8 Å². The first kappa shape index (κ1) is 10.0. The van der Waals surface area contributed by atoms with E-state index in [1.807, 2.05) is 0 Å². The molecule has 0 saturated carbocycles. The van der Waals surface area contributed by atoms with Gasteiger partial charge in [-0.2, -0.15) is 13.2 Å². The van der Waals surface area contributed by atoms with Crippen molar-refractivity contribution in [1.29, 1.82) is 0 Å². The van der Waals surface area contributed by atoms with E-state index in [-0.39, 0.29) is 13.1 Å². The number of halogens is 3. The summed E-state index contributed by atoms with van der Waals surface area (Å²) in [5, 5.41) is 6.00. The van der Waals surface area contributed by atoms with Crippen LogP contribution in [0.5, 0.6) is 0 Å². The van der Waals surface area contributed by atoms with Crippen LogP contribution in [0.4, 0.5) is 13.2 Å². The van der Waals surface area contributed by atoms with Crippen molar-refractivity contribution in [3.05, 3.63) is 18.0 Å². The van der Waals surface area contributed by atoms with E-state index >= 15 is 0 Å². The summed E-state index contributed by atoms with van der Waals surface area (Å²) in [5.74, 6) is 0.530. The molecule has 1 rings (SSSR count). The number of rotatable bonds is 4. The van der Waals surface area contributed by atoms with Crippen molar-refractivity contribution in [1.82, 2.24) is 10.5 Å². The van der Waals surface area contributed by atoms with Crippen molar-refractivity contribution >= 4 is 0 Å². The van der Waals surface area contributed by atoms with Gasteiger partial charge in [0.1, 0.15) is 5.76 Å². The van der Waals surface area contributed by atoms with E-state index in [0.29, 0.717) is 5.76 Å². The van der Waals surface area contributed by atoms with Gasteiger partial charge >= 0.3 is 6.18 Å². The minimum absolute atomic E-state index is 0.107. The standard InChI is InChI=1S/C7H9F3N2O/c8-7(9,10)2-4-11-5-6-1-3-12-13-6/h1,3,11H,2,4-5H2. The second-order valence-electron chi connectivity index (χ2n) is 2.52. The van der Waals surface area contributed by atoms with Gasteiger partial charge in [-0.05, 0) is 0 Å². The molecule has 0 fully saturated rings. The molecule has 1 aromatic heterocycles. The Morgan fingerprint density at radius 1 is 1.46 bits per heavy atom. The summed E-state index contributed by atoms with van der Waals surface area (Å²) in [5.41, 5.74) is 0. The van der Waals surface area contributed by atoms with Gasteiger partial charge in [-0.1, -0.05) is 5.16 Å². The molecule has 0 amide bonds. The number of hydrogen-bond donors (Lipinski definition) is 1. The number of nitrogens with one attached hydrogen (secondary N) is 1. The zero-order chi connectivity index (χ0) is 9.73. The molecule has 0 spiro atoms. The molecule has 74 valence electrons. The van der Waals surface area contributed by atoms with Crippen LogP contribution in [-0.4, -0.2) is 17.9 Å². The SMILES string of the molecule is FC(F)(F)CCNCc1ccno1. The van der Waals surface area contributed by atoms with Gasteiger partial charge < -0.3 is 9.84 Å². The van der Waals surface area contributed by atoms with Crippen LogP contribution in [0, 0.1) is 0 Å². The van der Waals surface area contributed by atoms with Crippen LogP contribution in [0.25, 0.3) is 0 Å². The highest BCUT2D eigenvalue weighted by Crippen LogP contribution is 2.18. The molecular weight excluding hydrogens is 185 g/mol. The summed E-state index contributed by atoms with van der Waals surface area (Å²) in [6, 6.07) is 1.60. The van der Waals surface area contributed by atoms with Crippen LogP contribution in [0.1, 0.15) is 12.2 Å². The Balaban J connectivity index is 2.09. The lowest BCUT2D eigenvalue weighted by molar-refractivity contribution is -0.133. The first-order valence-corrected chi connectivity index (χ1v) is 3.75. The van der Waals surface area contributed by atoms with Crippen LogP contribution < -0.4 is 5.32 Å². The highest BCUT2D eigenvalue weighted by atomic mass is 19.4. The largest absolute Gasteiger partial charge is 0.390 e. The molecule has 0 aliphatic carbocycles. The maximum absolute atomic E-state index is 11.6. The lowest BCUT2D eigenvalue weighted by Crippen LogP contribution is -2.21. The van der Waals surface area contributed by atoms with Crippen molar-refractivity contribution in [3.63, 3.8) is 0 Å². The normalized spacial score (nSPS) is 11.9. The lowest BCUT2D eigenvalue weighted by Gasteiger charge is -2.05. The fourth-order valence-electron chi connectivity index (χ4n) is 0.775. The fraction of sp³-hybridized carbons (Fsp3) is 0.571. The van der Waals surface area contributed by atoms with E-state index in [1.54, 1.807) is 6.07 Å². The van der Waals surface area contributed by atoms with Gasteiger partial charge in [0.2, 0.25) is 0 Å². The van der Waals surface area contributed by atoms with Crippen LogP contribution in [0.3, 0.4) is 0 Å². The molecule has 6 heteroatoms. The summed E-state index contributed by atoms with van der Waals surface area (Å²) >= 11 is 0. The molecule has 0 aliphatic rings. The smallest absolute Gasteiger partial charge is 0.360 e. The van der Waals surface area contributed by atoms with Crippen molar-refractivity contribution in [2.45, 2.75) is 19.1 Å². The molecule has 0 radical (unpaired) electrons. The topological polar surface area (TPSA) is 38.1 Å². The predicted molar refractivity (Wildman–Crippen MR) is 38.9 cm³/mol. The maximum Gasteiger partial charge on any atom is 0.390 e. The van der Waals surface area contributed by atoms with Gasteiger partial charge in [0.25, 0.3) is 0 Å². The van der Waals surface area contributed by atoms with E-state index in [9.17, 15) is 13.2 Å². The lowest BCUT2D eigenvalue weighted by atomic mass is 10.4. The second kappa shape index (κ2) is 4.27. The average Bonchev–Trinajstić information content (AvgIpc) is 2.48. The predicted octanol–water partition coefficient (Wildman–Crippen LogP) is 1.72. The van der Waals surface area contributed by atoms with Gasteiger partial charge in [-0.25, -0.2) is 0 Å². The zero-order valence-electron chi connectivity index (χ0n) is 6.77. The quantitative estimate of drug-likeness (QED) is 0.741.